The molecule has 8 rings (SSSR count). The molecule has 0 aliphatic heterocycles. The molecule has 2 unspecified atom stereocenters. The summed E-state index contributed by atoms with van der Waals surface area (Å²) < 4.78 is 487. The van der Waals surface area contributed by atoms with Gasteiger partial charge in [0.15, 0.2) is 139 Å². The number of rotatable bonds is 37. The van der Waals surface area contributed by atoms with Crippen LogP contribution in [0.25, 0.3) is 32.3 Å². The van der Waals surface area contributed by atoms with Gasteiger partial charge in [-0.2, -0.15) is 13.2 Å². The van der Waals surface area contributed by atoms with Crippen LogP contribution in [0.3, 0.4) is 0 Å². The van der Waals surface area contributed by atoms with E-state index in [2.05, 4.69) is 32.4 Å². The van der Waals surface area contributed by atoms with Crippen LogP contribution < -0.4 is 14.2 Å². The first-order chi connectivity index (χ1) is 61.8. The molecule has 0 radical (unpaired) electrons. The quantitative estimate of drug-likeness (QED) is 0.0151. The lowest BCUT2D eigenvalue weighted by atomic mass is 9.94. The van der Waals surface area contributed by atoms with Gasteiger partial charge in [0, 0.05) is 44.6 Å². The smallest absolute Gasteiger partial charge is 0.425 e. The van der Waals surface area contributed by atoms with Crippen molar-refractivity contribution in [1.29, 1.82) is 0 Å². The number of ether oxygens (including phenoxy) is 3. The highest BCUT2D eigenvalue weighted by atomic mass is 32.2. The molecular weight excluding hydrogens is 1940 g/mol. The highest BCUT2D eigenvalue weighted by molar-refractivity contribution is 7.59. The van der Waals surface area contributed by atoms with Crippen molar-refractivity contribution in [2.45, 2.75) is 234 Å². The molecule has 0 N–H and O–H groups in total. The second-order valence-corrected chi connectivity index (χ2v) is 30.2. The zero-order valence-electron chi connectivity index (χ0n) is 71.4. The first kappa shape index (κ1) is 124. The molecule has 0 saturated heterocycles. The Kier molecular flexibility index (Phi) is 62.7. The van der Waals surface area contributed by atoms with Crippen LogP contribution in [0.1, 0.15) is 232 Å². The lowest BCUT2D eigenvalue weighted by Crippen LogP contribution is -2.14. The Morgan fingerprint density at radius 2 is 0.470 bits per heavy atom. The summed E-state index contributed by atoms with van der Waals surface area (Å²) in [4.78, 5) is 0. The summed E-state index contributed by atoms with van der Waals surface area (Å²) in [7, 11) is -14.7. The number of hydrogen-bond donors (Lipinski definition) is 0. The fourth-order valence-electron chi connectivity index (χ4n) is 12.4. The molecule has 8 aromatic carbocycles. The lowest BCUT2D eigenvalue weighted by Gasteiger charge is -2.18. The molecule has 2 atom stereocenters. The molecule has 132 heavy (non-hydrogen) atoms. The second-order valence-electron chi connectivity index (χ2n) is 28.1. The highest BCUT2D eigenvalue weighted by Crippen LogP contribution is 2.39. The Morgan fingerprint density at radius 3 is 0.780 bits per heavy atom. The first-order valence-electron chi connectivity index (χ1n) is 40.0. The topological polar surface area (TPSA) is 284 Å². The monoisotopic (exact) mass is 2030 g/mol. The van der Waals surface area contributed by atoms with Gasteiger partial charge in [-0.05, 0) is 74.6 Å². The Bertz CT molecular complexity index is 5460. The van der Waals surface area contributed by atoms with Gasteiger partial charge in [-0.1, -0.05) is 195 Å². The van der Waals surface area contributed by atoms with E-state index in [-0.39, 0.29) is 37.5 Å². The van der Waals surface area contributed by atoms with E-state index >= 15 is 0 Å². The predicted octanol–water partition coefficient (Wildman–Crippen LogP) is 24.8. The van der Waals surface area contributed by atoms with Crippen LogP contribution in [0.5, 0.6) is 17.2 Å². The van der Waals surface area contributed by atoms with Gasteiger partial charge in [0.05, 0.1) is 25.7 Å². The van der Waals surface area contributed by atoms with Gasteiger partial charge in [-0.15, -0.1) is 63.1 Å². The maximum absolute atomic E-state index is 13.9. The van der Waals surface area contributed by atoms with Crippen LogP contribution in [0.2, 0.25) is 0 Å². The van der Waals surface area contributed by atoms with Crippen LogP contribution >= 0.6 is 0 Å². The van der Waals surface area contributed by atoms with Crippen LogP contribution in [0.4, 0.5) is 114 Å². The molecule has 0 saturated carbocycles. The van der Waals surface area contributed by atoms with E-state index in [9.17, 15) is 114 Å². The third kappa shape index (κ3) is 43.9. The van der Waals surface area contributed by atoms with Gasteiger partial charge in [0.2, 0.25) is 29.1 Å². The van der Waals surface area contributed by atoms with Crippen molar-refractivity contribution in [3.63, 3.8) is 0 Å². The molecule has 18 nitrogen and oxygen atoms in total. The number of unbranched alkanes of at least 4 members (excludes halogenated alkanes) is 20. The molecule has 0 aliphatic carbocycles. The maximum atomic E-state index is 13.9. The van der Waals surface area contributed by atoms with Crippen molar-refractivity contribution in [2.75, 3.05) is 20.3 Å². The molecule has 8 aromatic rings. The number of hydrogen-bond acceptors (Lipinski definition) is 18. The largest absolute Gasteiger partial charge is 0.493 e. The summed E-state index contributed by atoms with van der Waals surface area (Å²) >= 11 is 0. The molecular formula is C83H92F26O18S5. The molecule has 0 fully saturated rings. The number of benzene rings is 8. The van der Waals surface area contributed by atoms with Gasteiger partial charge < -0.3 is 14.2 Å². The molecule has 0 heterocycles. The van der Waals surface area contributed by atoms with Crippen molar-refractivity contribution in [1.82, 2.24) is 0 Å². The van der Waals surface area contributed by atoms with E-state index in [0.29, 0.717) is 30.7 Å². The Balaban J connectivity index is 0. The zero-order chi connectivity index (χ0) is 102. The fourth-order valence-corrected chi connectivity index (χ4v) is 12.4. The van der Waals surface area contributed by atoms with Crippen LogP contribution in [-0.2, 0) is 59.5 Å². The SMILES string of the molecule is CCCCCCCCC(CCCCCC)COc1cc(F)c(F)c(F)c1F.CCCCCCCCCCC(CCCCCCCC)COc1cc(F)c(F)c(F)c1F.CCCc1c(F)c(F)c(F)c2cc(F)c(F)c(F)c12.COc1c(F)c(F)cc2c(F)c(F)c(F)c(F)c12.Cc1c(F)c(F)cc2c(F)c(F)c(F)c(F)c12.O=S(=O)=O.O=S(=O)=O.O=S(=O)=O.O=S(=O)=O.O=S(=O)=O. The Labute approximate surface area is 749 Å². The summed E-state index contributed by atoms with van der Waals surface area (Å²) in [6, 6.07) is 2.04. The Morgan fingerprint density at radius 1 is 0.242 bits per heavy atom. The minimum absolute atomic E-state index is 0.123. The van der Waals surface area contributed by atoms with E-state index in [1.807, 2.05) is 0 Å². The minimum atomic E-state index is -3.11. The molecule has 0 aromatic heterocycles. The second kappa shape index (κ2) is 66.6. The van der Waals surface area contributed by atoms with Gasteiger partial charge in [-0.25, -0.2) is 101 Å². The summed E-state index contributed by atoms with van der Waals surface area (Å²) in [5, 5.41) is -5.14. The van der Waals surface area contributed by atoms with E-state index in [0.717, 1.165) is 97.5 Å². The molecule has 0 bridgehead atoms. The van der Waals surface area contributed by atoms with Gasteiger partial charge in [0.25, 0.3) is 0 Å². The Hall–Kier alpha value is -9.78. The van der Waals surface area contributed by atoms with Gasteiger partial charge >= 0.3 is 53.0 Å². The fraction of sp³-hybridized carbons (Fsp3) is 0.494. The highest BCUT2D eigenvalue weighted by Gasteiger charge is 2.31. The van der Waals surface area contributed by atoms with Crippen molar-refractivity contribution in [3.05, 3.63) is 193 Å². The number of methoxy groups -OCH3 is 1. The summed E-state index contributed by atoms with van der Waals surface area (Å²) in [6.45, 7) is 11.7. The van der Waals surface area contributed by atoms with E-state index in [1.54, 1.807) is 6.92 Å². The third-order valence-electron chi connectivity index (χ3n) is 18.7. The number of halogens is 26. The normalized spacial score (nSPS) is 10.9. The average molecular weight is 2030 g/mol. The summed E-state index contributed by atoms with van der Waals surface area (Å²) in [6.07, 6.45) is 32.7. The molecule has 49 heteroatoms. The third-order valence-corrected chi connectivity index (χ3v) is 18.7. The molecule has 0 amide bonds. The van der Waals surface area contributed by atoms with Gasteiger partial charge in [-0.3, -0.25) is 0 Å². The van der Waals surface area contributed by atoms with Crippen molar-refractivity contribution in [3.8, 4) is 17.2 Å². The summed E-state index contributed by atoms with van der Waals surface area (Å²) in [5.41, 5.74) is -1.11. The van der Waals surface area contributed by atoms with Crippen LogP contribution in [0.15, 0.2) is 30.3 Å². The maximum Gasteiger partial charge on any atom is 0.425 e. The van der Waals surface area contributed by atoms with Gasteiger partial charge in [0.1, 0.15) is 0 Å². The minimum Gasteiger partial charge on any atom is -0.493 e. The van der Waals surface area contributed by atoms with Crippen molar-refractivity contribution >= 4 is 85.4 Å². The first-order valence-corrected chi connectivity index (χ1v) is 45.0. The number of aryl methyl sites for hydroxylation is 2. The summed E-state index contributed by atoms with van der Waals surface area (Å²) in [5.74, 6) is -46.6. The molecule has 0 spiro atoms. The number of fused-ring (bicyclic) bond motifs is 3. The standard InChI is InChI=1S/C26H42F4O.C22H34F4O.C13H8F6.C11H4F6O.C11H4F6.5O3S/c1-3-5-7-9-11-12-14-16-18-21(17-15-13-10-8-6-4-2)20-31-23-19-22(27)24(28)26(30)25(23)29;1-3-5-7-9-10-12-14-17(13-11-8-6-4-2)16-27-19-15-18(23)20(24)22(26)21(19)25;1-2-3-5-8-6(10(16)13(19)9(5)15)4-7(14)11(17)12(8)18;1-18-11-5-3(2-4(12)7(11)14)6(13)9(16)10(17)8(5)15;1-3-6-4(2-5(12)7(3)13)8(14)10(16)11(17)9(6)15;5*1-4(2)3/h19,21H,3-18,20H2,1-2H3;15,17H,3-14,16H2,1-2H3;4H,2-3H2,1H3;2H,1H3;2H,1H3;;;;;. The van der Waals surface area contributed by atoms with E-state index in [4.69, 9.17) is 72.6 Å². The van der Waals surface area contributed by atoms with E-state index in [1.165, 1.54) is 96.3 Å². The van der Waals surface area contributed by atoms with Crippen LogP contribution in [0, 0.1) is 170 Å². The van der Waals surface area contributed by atoms with E-state index < -0.39 is 265 Å². The van der Waals surface area contributed by atoms with Crippen molar-refractivity contribution < 1.29 is 191 Å². The zero-order valence-corrected chi connectivity index (χ0v) is 75.5. The van der Waals surface area contributed by atoms with Crippen molar-refractivity contribution in [2.24, 2.45) is 11.8 Å². The molecule has 744 valence electrons. The predicted molar refractivity (Wildman–Crippen MR) is 427 cm³/mol. The molecule has 0 aliphatic rings. The van der Waals surface area contributed by atoms with Crippen LogP contribution in [-0.4, -0.2) is 83.5 Å². The lowest BCUT2D eigenvalue weighted by molar-refractivity contribution is 0.211. The average Bonchev–Trinajstić information content (AvgIpc) is 0.758.